The van der Waals surface area contributed by atoms with Crippen molar-refractivity contribution in [3.8, 4) is 0 Å². The van der Waals surface area contributed by atoms with Gasteiger partial charge in [-0.05, 0) is 61.7 Å². The standard InChI is InChI=1S/C23H28ClN3O4S/c1-17(18-2-4-19(24)5-3-18)27(21-8-9-21)16-23(28)25-20-6-10-22(11-7-20)32(29,30)26-12-14-31-15-13-26/h2-7,10-11,17,21H,8-9,12-16H2,1H3,(H,25,28)/t17-/m1/s1. The van der Waals surface area contributed by atoms with E-state index in [4.69, 9.17) is 16.3 Å². The van der Waals surface area contributed by atoms with Crippen LogP contribution in [0.3, 0.4) is 0 Å². The second-order valence-corrected chi connectivity index (χ2v) is 10.6. The maximum absolute atomic E-state index is 12.8. The summed E-state index contributed by atoms with van der Waals surface area (Å²) in [6.07, 6.45) is 2.17. The first-order valence-corrected chi connectivity index (χ1v) is 12.7. The highest BCUT2D eigenvalue weighted by molar-refractivity contribution is 7.89. The number of carbonyl (C=O) groups excluding carboxylic acids is 1. The molecule has 0 radical (unpaired) electrons. The lowest BCUT2D eigenvalue weighted by Gasteiger charge is -2.29. The van der Waals surface area contributed by atoms with Gasteiger partial charge in [0.05, 0.1) is 24.7 Å². The smallest absolute Gasteiger partial charge is 0.243 e. The van der Waals surface area contributed by atoms with Gasteiger partial charge < -0.3 is 10.1 Å². The number of rotatable bonds is 8. The third-order valence-corrected chi connectivity index (χ3v) is 8.10. The lowest BCUT2D eigenvalue weighted by molar-refractivity contribution is -0.118. The summed E-state index contributed by atoms with van der Waals surface area (Å²) >= 11 is 6.01. The Bertz CT molecular complexity index is 1030. The molecule has 4 rings (SSSR count). The maximum Gasteiger partial charge on any atom is 0.243 e. The summed E-state index contributed by atoms with van der Waals surface area (Å²) in [5, 5.41) is 3.59. The molecule has 1 aliphatic heterocycles. The van der Waals surface area contributed by atoms with Gasteiger partial charge in [-0.25, -0.2) is 8.42 Å². The third-order valence-electron chi connectivity index (χ3n) is 5.94. The van der Waals surface area contributed by atoms with Gasteiger partial charge in [0, 0.05) is 35.9 Å². The Hall–Kier alpha value is -1.97. The van der Waals surface area contributed by atoms with Crippen LogP contribution in [0.4, 0.5) is 5.69 Å². The summed E-state index contributed by atoms with van der Waals surface area (Å²) in [4.78, 5) is 15.2. The molecule has 1 amide bonds. The fraction of sp³-hybridized carbons (Fsp3) is 0.435. The van der Waals surface area contributed by atoms with Crippen molar-refractivity contribution in [3.63, 3.8) is 0 Å². The molecule has 1 N–H and O–H groups in total. The molecule has 1 saturated carbocycles. The zero-order valence-electron chi connectivity index (χ0n) is 18.0. The van der Waals surface area contributed by atoms with Crippen molar-refractivity contribution in [2.45, 2.75) is 36.7 Å². The first kappa shape index (κ1) is 23.2. The third kappa shape index (κ3) is 5.50. The van der Waals surface area contributed by atoms with Crippen LogP contribution in [0.2, 0.25) is 5.02 Å². The minimum Gasteiger partial charge on any atom is -0.379 e. The molecule has 2 fully saturated rings. The molecule has 0 bridgehead atoms. The number of nitrogens with zero attached hydrogens (tertiary/aromatic N) is 2. The molecule has 2 aliphatic rings. The normalized spacial score (nSPS) is 18.5. The van der Waals surface area contributed by atoms with Gasteiger partial charge in [-0.2, -0.15) is 4.31 Å². The zero-order chi connectivity index (χ0) is 22.7. The van der Waals surface area contributed by atoms with Crippen molar-refractivity contribution in [2.75, 3.05) is 38.2 Å². The molecule has 7 nitrogen and oxygen atoms in total. The first-order chi connectivity index (χ1) is 15.3. The number of morpholine rings is 1. The van der Waals surface area contributed by atoms with Gasteiger partial charge in [0.15, 0.2) is 0 Å². The molecular weight excluding hydrogens is 450 g/mol. The summed E-state index contributed by atoms with van der Waals surface area (Å²) in [6, 6.07) is 14.5. The van der Waals surface area contributed by atoms with Crippen molar-refractivity contribution in [3.05, 3.63) is 59.1 Å². The quantitative estimate of drug-likeness (QED) is 0.629. The van der Waals surface area contributed by atoms with Crippen LogP contribution in [0.1, 0.15) is 31.4 Å². The van der Waals surface area contributed by atoms with Crippen LogP contribution in [0.25, 0.3) is 0 Å². The summed E-state index contributed by atoms with van der Waals surface area (Å²) in [5.74, 6) is -0.124. The van der Waals surface area contributed by atoms with Gasteiger partial charge in [0.2, 0.25) is 15.9 Å². The zero-order valence-corrected chi connectivity index (χ0v) is 19.6. The molecule has 1 atom stereocenters. The average Bonchev–Trinajstić information content (AvgIpc) is 3.64. The molecule has 2 aromatic rings. The van der Waals surface area contributed by atoms with E-state index in [0.29, 0.717) is 43.1 Å². The fourth-order valence-corrected chi connectivity index (χ4v) is 5.47. The van der Waals surface area contributed by atoms with Crippen LogP contribution >= 0.6 is 11.6 Å². The van der Waals surface area contributed by atoms with E-state index in [-0.39, 0.29) is 23.4 Å². The lowest BCUT2D eigenvalue weighted by atomic mass is 10.1. The Labute approximate surface area is 194 Å². The number of carbonyl (C=O) groups is 1. The van der Waals surface area contributed by atoms with Gasteiger partial charge in [-0.1, -0.05) is 23.7 Å². The van der Waals surface area contributed by atoms with Gasteiger partial charge in [0.25, 0.3) is 0 Å². The van der Waals surface area contributed by atoms with Crippen molar-refractivity contribution < 1.29 is 17.9 Å². The van der Waals surface area contributed by atoms with Gasteiger partial charge in [-0.3, -0.25) is 9.69 Å². The van der Waals surface area contributed by atoms with E-state index >= 15 is 0 Å². The molecule has 9 heteroatoms. The van der Waals surface area contributed by atoms with Crippen LogP contribution in [0.5, 0.6) is 0 Å². The Morgan fingerprint density at radius 1 is 1.12 bits per heavy atom. The van der Waals surface area contributed by atoms with E-state index in [1.165, 1.54) is 16.4 Å². The van der Waals surface area contributed by atoms with Gasteiger partial charge in [0.1, 0.15) is 0 Å². The highest BCUT2D eigenvalue weighted by atomic mass is 35.5. The van der Waals surface area contributed by atoms with E-state index in [1.807, 2.05) is 24.3 Å². The molecule has 172 valence electrons. The summed E-state index contributed by atoms with van der Waals surface area (Å²) in [7, 11) is -3.55. The van der Waals surface area contributed by atoms with E-state index in [0.717, 1.165) is 18.4 Å². The Balaban J connectivity index is 1.39. The molecule has 0 spiro atoms. The number of hydrogen-bond acceptors (Lipinski definition) is 5. The van der Waals surface area contributed by atoms with Crippen molar-refractivity contribution in [1.82, 2.24) is 9.21 Å². The number of ether oxygens (including phenoxy) is 1. The van der Waals surface area contributed by atoms with E-state index in [2.05, 4.69) is 17.1 Å². The molecule has 0 aromatic heterocycles. The SMILES string of the molecule is C[C@H](c1ccc(Cl)cc1)N(CC(=O)Nc1ccc(S(=O)(=O)N2CCOCC2)cc1)C1CC1. The number of anilines is 1. The van der Waals surface area contributed by atoms with E-state index in [1.54, 1.807) is 12.1 Å². The summed E-state index contributed by atoms with van der Waals surface area (Å²) in [5.41, 5.74) is 1.69. The highest BCUT2D eigenvalue weighted by Gasteiger charge is 2.34. The Morgan fingerprint density at radius 3 is 2.34 bits per heavy atom. The topological polar surface area (TPSA) is 79.0 Å². The van der Waals surface area contributed by atoms with Crippen molar-refractivity contribution in [1.29, 1.82) is 0 Å². The van der Waals surface area contributed by atoms with Gasteiger partial charge >= 0.3 is 0 Å². The fourth-order valence-electron chi connectivity index (χ4n) is 3.93. The molecule has 0 unspecified atom stereocenters. The second kappa shape index (κ2) is 9.89. The average molecular weight is 478 g/mol. The van der Waals surface area contributed by atoms with E-state index < -0.39 is 10.0 Å². The predicted molar refractivity (Wildman–Crippen MR) is 124 cm³/mol. The number of amides is 1. The highest BCUT2D eigenvalue weighted by Crippen LogP contribution is 2.34. The number of benzene rings is 2. The predicted octanol–water partition coefficient (Wildman–Crippen LogP) is 3.53. The first-order valence-electron chi connectivity index (χ1n) is 10.8. The minimum atomic E-state index is -3.55. The van der Waals surface area contributed by atoms with Crippen LogP contribution in [0.15, 0.2) is 53.4 Å². The van der Waals surface area contributed by atoms with E-state index in [9.17, 15) is 13.2 Å². The largest absolute Gasteiger partial charge is 0.379 e. The molecule has 32 heavy (non-hydrogen) atoms. The summed E-state index contributed by atoms with van der Waals surface area (Å²) < 4.78 is 32.2. The molecule has 2 aromatic carbocycles. The number of sulfonamides is 1. The number of nitrogens with one attached hydrogen (secondary N) is 1. The lowest BCUT2D eigenvalue weighted by Crippen LogP contribution is -2.40. The van der Waals surface area contributed by atoms with Crippen LogP contribution in [-0.2, 0) is 19.6 Å². The van der Waals surface area contributed by atoms with Crippen molar-refractivity contribution >= 4 is 33.2 Å². The molecule has 1 aliphatic carbocycles. The number of hydrogen-bond donors (Lipinski definition) is 1. The Morgan fingerprint density at radius 2 is 1.75 bits per heavy atom. The monoisotopic (exact) mass is 477 g/mol. The second-order valence-electron chi connectivity index (χ2n) is 8.22. The van der Waals surface area contributed by atoms with Gasteiger partial charge in [-0.15, -0.1) is 0 Å². The van der Waals surface area contributed by atoms with Crippen LogP contribution in [0, 0.1) is 0 Å². The number of halogens is 1. The molecular formula is C23H28ClN3O4S. The van der Waals surface area contributed by atoms with Crippen molar-refractivity contribution in [2.24, 2.45) is 0 Å². The van der Waals surface area contributed by atoms with Crippen LogP contribution in [-0.4, -0.2) is 62.4 Å². The van der Waals surface area contributed by atoms with Crippen LogP contribution < -0.4 is 5.32 Å². The summed E-state index contributed by atoms with van der Waals surface area (Å²) in [6.45, 7) is 3.87. The Kier molecular flexibility index (Phi) is 7.17. The molecule has 1 heterocycles. The maximum atomic E-state index is 12.8. The molecule has 1 saturated heterocycles. The minimum absolute atomic E-state index is 0.0894.